The maximum Gasteiger partial charge on any atom is 0.0686 e. The molecule has 0 saturated heterocycles. The van der Waals surface area contributed by atoms with Crippen molar-refractivity contribution in [3.63, 3.8) is 0 Å². The van der Waals surface area contributed by atoms with Crippen LogP contribution in [0.1, 0.15) is 104 Å². The summed E-state index contributed by atoms with van der Waals surface area (Å²) in [7, 11) is 0. The summed E-state index contributed by atoms with van der Waals surface area (Å²) in [6, 6.07) is 2.62. The van der Waals surface area contributed by atoms with Crippen LogP contribution in [-0.4, -0.2) is 0 Å². The van der Waals surface area contributed by atoms with Crippen LogP contribution in [0.15, 0.2) is 0 Å². The molecule has 0 spiro atoms. The Morgan fingerprint density at radius 1 is 0.833 bits per heavy atom. The van der Waals surface area contributed by atoms with E-state index in [1.165, 1.54) is 83.5 Å². The Morgan fingerprint density at radius 2 is 1.38 bits per heavy atom. The van der Waals surface area contributed by atoms with Crippen molar-refractivity contribution in [2.24, 2.45) is 35.0 Å². The Kier molecular flexibility index (Phi) is 6.28. The molecule has 3 saturated carbocycles. The molecule has 0 bridgehead atoms. The highest BCUT2D eigenvalue weighted by atomic mass is 14.4. The van der Waals surface area contributed by atoms with Crippen LogP contribution < -0.4 is 0 Å². The fourth-order valence-corrected chi connectivity index (χ4v) is 6.49. The number of hydrogen-bond acceptors (Lipinski definition) is 1. The summed E-state index contributed by atoms with van der Waals surface area (Å²) in [6.07, 6.45) is 19.8. The van der Waals surface area contributed by atoms with Gasteiger partial charge in [-0.05, 0) is 87.9 Å². The summed E-state index contributed by atoms with van der Waals surface area (Å²) < 4.78 is 0. The SMILES string of the molecule is CCC[C@H]1CC[C@H](C2CCC([C@H]3CCC[C@@](C)(C#N)C3)CC2)CC1. The van der Waals surface area contributed by atoms with Crippen LogP contribution in [0.25, 0.3) is 0 Å². The minimum atomic E-state index is -0.0164. The topological polar surface area (TPSA) is 23.8 Å². The van der Waals surface area contributed by atoms with Crippen molar-refractivity contribution in [2.45, 2.75) is 104 Å². The molecular weight excluding hydrogens is 290 g/mol. The number of nitrogens with zero attached hydrogens (tertiary/aromatic N) is 1. The first-order valence-corrected chi connectivity index (χ1v) is 11.0. The van der Waals surface area contributed by atoms with Crippen molar-refractivity contribution in [1.29, 1.82) is 5.26 Å². The van der Waals surface area contributed by atoms with Crippen LogP contribution in [0.5, 0.6) is 0 Å². The molecule has 0 radical (unpaired) electrons. The van der Waals surface area contributed by atoms with Crippen molar-refractivity contribution in [3.8, 4) is 6.07 Å². The maximum atomic E-state index is 9.49. The lowest BCUT2D eigenvalue weighted by Gasteiger charge is -2.42. The summed E-state index contributed by atoms with van der Waals surface area (Å²) in [6.45, 7) is 4.55. The minimum Gasteiger partial charge on any atom is -0.198 e. The van der Waals surface area contributed by atoms with Gasteiger partial charge >= 0.3 is 0 Å². The largest absolute Gasteiger partial charge is 0.198 e. The lowest BCUT2D eigenvalue weighted by atomic mass is 9.62. The number of rotatable bonds is 4. The zero-order valence-electron chi connectivity index (χ0n) is 16.2. The smallest absolute Gasteiger partial charge is 0.0686 e. The zero-order chi connectivity index (χ0) is 17.0. The van der Waals surface area contributed by atoms with Crippen LogP contribution in [-0.2, 0) is 0 Å². The molecule has 0 unspecified atom stereocenters. The molecule has 0 heterocycles. The normalized spacial score (nSPS) is 44.0. The van der Waals surface area contributed by atoms with E-state index < -0.39 is 0 Å². The molecule has 3 aliphatic carbocycles. The molecular formula is C23H39N. The predicted octanol–water partition coefficient (Wildman–Crippen LogP) is 7.12. The fourth-order valence-electron chi connectivity index (χ4n) is 6.49. The van der Waals surface area contributed by atoms with Crippen LogP contribution >= 0.6 is 0 Å². The van der Waals surface area contributed by atoms with E-state index in [9.17, 15) is 5.26 Å². The van der Waals surface area contributed by atoms with Crippen molar-refractivity contribution in [2.75, 3.05) is 0 Å². The van der Waals surface area contributed by atoms with Gasteiger partial charge in [0, 0.05) is 0 Å². The first-order valence-electron chi connectivity index (χ1n) is 11.0. The first-order chi connectivity index (χ1) is 11.6. The third-order valence-electron chi connectivity index (χ3n) is 8.02. The summed E-state index contributed by atoms with van der Waals surface area (Å²) >= 11 is 0. The molecule has 0 N–H and O–H groups in total. The third-order valence-corrected chi connectivity index (χ3v) is 8.02. The molecule has 1 heteroatoms. The summed E-state index contributed by atoms with van der Waals surface area (Å²) in [5.41, 5.74) is -0.0164. The highest BCUT2D eigenvalue weighted by molar-refractivity contribution is 5.00. The summed E-state index contributed by atoms with van der Waals surface area (Å²) in [5, 5.41) is 9.49. The molecule has 3 aliphatic rings. The van der Waals surface area contributed by atoms with Crippen LogP contribution in [0, 0.1) is 46.3 Å². The van der Waals surface area contributed by atoms with Gasteiger partial charge in [0.15, 0.2) is 0 Å². The maximum absolute atomic E-state index is 9.49. The van der Waals surface area contributed by atoms with E-state index in [1.807, 2.05) is 0 Å². The standard InChI is InChI=1S/C23H39N/c1-3-5-18-7-9-19(10-8-18)20-11-13-21(14-12-20)22-6-4-15-23(2,16-22)17-24/h18-22H,3-16H2,1-2H3/t18-,19-,20?,21?,22-,23+/m0/s1. The Labute approximate surface area is 150 Å². The molecule has 2 atom stereocenters. The number of hydrogen-bond donors (Lipinski definition) is 0. The molecule has 0 amide bonds. The van der Waals surface area contributed by atoms with Gasteiger partial charge in [-0.25, -0.2) is 0 Å². The van der Waals surface area contributed by atoms with Gasteiger partial charge in [0.05, 0.1) is 11.5 Å². The van der Waals surface area contributed by atoms with Gasteiger partial charge < -0.3 is 0 Å². The van der Waals surface area contributed by atoms with Gasteiger partial charge in [0.2, 0.25) is 0 Å². The van der Waals surface area contributed by atoms with Gasteiger partial charge in [-0.15, -0.1) is 0 Å². The molecule has 0 aromatic rings. The highest BCUT2D eigenvalue weighted by Gasteiger charge is 2.38. The van der Waals surface area contributed by atoms with E-state index in [0.29, 0.717) is 0 Å². The quantitative estimate of drug-likeness (QED) is 0.538. The Morgan fingerprint density at radius 3 is 1.92 bits per heavy atom. The van der Waals surface area contributed by atoms with Crippen LogP contribution in [0.4, 0.5) is 0 Å². The van der Waals surface area contributed by atoms with E-state index in [-0.39, 0.29) is 5.41 Å². The van der Waals surface area contributed by atoms with Gasteiger partial charge in [0.25, 0.3) is 0 Å². The van der Waals surface area contributed by atoms with E-state index in [1.54, 1.807) is 0 Å². The van der Waals surface area contributed by atoms with Crippen LogP contribution in [0.3, 0.4) is 0 Å². The highest BCUT2D eigenvalue weighted by Crippen LogP contribution is 2.48. The van der Waals surface area contributed by atoms with Crippen LogP contribution in [0.2, 0.25) is 0 Å². The average molecular weight is 330 g/mol. The lowest BCUT2D eigenvalue weighted by molar-refractivity contribution is 0.0901. The molecule has 24 heavy (non-hydrogen) atoms. The molecule has 3 fully saturated rings. The summed E-state index contributed by atoms with van der Waals surface area (Å²) in [4.78, 5) is 0. The monoisotopic (exact) mass is 329 g/mol. The predicted molar refractivity (Wildman–Crippen MR) is 101 cm³/mol. The minimum absolute atomic E-state index is 0.0164. The lowest BCUT2D eigenvalue weighted by Crippen LogP contribution is -2.32. The zero-order valence-corrected chi connectivity index (χ0v) is 16.2. The molecule has 0 aromatic heterocycles. The van der Waals surface area contributed by atoms with Crippen molar-refractivity contribution in [1.82, 2.24) is 0 Å². The molecule has 3 rings (SSSR count). The van der Waals surface area contributed by atoms with Crippen molar-refractivity contribution in [3.05, 3.63) is 0 Å². The molecule has 136 valence electrons. The van der Waals surface area contributed by atoms with Crippen molar-refractivity contribution >= 4 is 0 Å². The fraction of sp³-hybridized carbons (Fsp3) is 0.957. The Bertz CT molecular complexity index is 420. The molecule has 0 aromatic carbocycles. The van der Waals surface area contributed by atoms with E-state index in [4.69, 9.17) is 0 Å². The van der Waals surface area contributed by atoms with Gasteiger partial charge in [-0.2, -0.15) is 5.26 Å². The first kappa shape index (κ1) is 18.3. The summed E-state index contributed by atoms with van der Waals surface area (Å²) in [5.74, 6) is 4.92. The second kappa shape index (κ2) is 8.25. The molecule has 1 nitrogen and oxygen atoms in total. The molecule has 0 aliphatic heterocycles. The van der Waals surface area contributed by atoms with Gasteiger partial charge in [0.1, 0.15) is 0 Å². The second-order valence-electron chi connectivity index (χ2n) is 9.77. The Balaban J connectivity index is 1.44. The van der Waals surface area contributed by atoms with Crippen molar-refractivity contribution < 1.29 is 0 Å². The average Bonchev–Trinajstić information content (AvgIpc) is 2.63. The van der Waals surface area contributed by atoms with E-state index in [0.717, 1.165) is 36.0 Å². The Hall–Kier alpha value is -0.510. The van der Waals surface area contributed by atoms with E-state index >= 15 is 0 Å². The second-order valence-corrected chi connectivity index (χ2v) is 9.77. The number of nitriles is 1. The van der Waals surface area contributed by atoms with E-state index in [2.05, 4.69) is 19.9 Å². The van der Waals surface area contributed by atoms with Gasteiger partial charge in [-0.1, -0.05) is 45.4 Å². The van der Waals surface area contributed by atoms with Gasteiger partial charge in [-0.3, -0.25) is 0 Å². The third kappa shape index (κ3) is 4.36.